The first-order valence-electron chi connectivity index (χ1n) is 6.02. The highest BCUT2D eigenvalue weighted by atomic mass is 16.5. The van der Waals surface area contributed by atoms with Gasteiger partial charge in [-0.3, -0.25) is 4.98 Å². The Morgan fingerprint density at radius 1 is 1.24 bits per heavy atom. The van der Waals surface area contributed by atoms with Crippen LogP contribution in [0.15, 0.2) is 36.5 Å². The zero-order chi connectivity index (χ0) is 11.7. The van der Waals surface area contributed by atoms with Crippen molar-refractivity contribution < 1.29 is 9.84 Å². The zero-order valence-electron chi connectivity index (χ0n) is 9.54. The van der Waals surface area contributed by atoms with E-state index in [1.165, 1.54) is 0 Å². The van der Waals surface area contributed by atoms with Gasteiger partial charge in [0.15, 0.2) is 0 Å². The van der Waals surface area contributed by atoms with Gasteiger partial charge in [0.05, 0.1) is 11.6 Å². The molecule has 0 spiro atoms. The first-order valence-corrected chi connectivity index (χ1v) is 6.02. The molecule has 1 N–H and O–H groups in total. The quantitative estimate of drug-likeness (QED) is 0.860. The van der Waals surface area contributed by atoms with E-state index in [4.69, 9.17) is 4.74 Å². The number of nitrogens with zero attached hydrogens (tertiary/aromatic N) is 1. The Bertz CT molecular complexity index is 526. The summed E-state index contributed by atoms with van der Waals surface area (Å²) in [6, 6.07) is 9.77. The molecular weight excluding hydrogens is 214 g/mol. The predicted octanol–water partition coefficient (Wildman–Crippen LogP) is 2.53. The lowest BCUT2D eigenvalue weighted by Gasteiger charge is -2.17. The topological polar surface area (TPSA) is 42.4 Å². The van der Waals surface area contributed by atoms with E-state index in [2.05, 4.69) is 4.98 Å². The third kappa shape index (κ3) is 2.11. The number of hydrogen-bond acceptors (Lipinski definition) is 3. The summed E-state index contributed by atoms with van der Waals surface area (Å²) in [6.45, 7) is 0. The van der Waals surface area contributed by atoms with Gasteiger partial charge >= 0.3 is 0 Å². The van der Waals surface area contributed by atoms with Gasteiger partial charge in [0, 0.05) is 11.6 Å². The van der Waals surface area contributed by atoms with Crippen LogP contribution < -0.4 is 4.74 Å². The van der Waals surface area contributed by atoms with Crippen molar-refractivity contribution in [3.8, 4) is 5.75 Å². The first kappa shape index (κ1) is 10.5. The number of aromatic nitrogens is 1. The van der Waals surface area contributed by atoms with Crippen LogP contribution >= 0.6 is 0 Å². The Hall–Kier alpha value is -1.61. The van der Waals surface area contributed by atoms with Crippen LogP contribution in [0.1, 0.15) is 19.3 Å². The number of benzene rings is 1. The number of aliphatic hydroxyl groups excluding tert-OH is 1. The monoisotopic (exact) mass is 229 g/mol. The molecule has 0 radical (unpaired) electrons. The fraction of sp³-hybridized carbons (Fsp3) is 0.357. The molecule has 0 saturated heterocycles. The largest absolute Gasteiger partial charge is 0.488 e. The van der Waals surface area contributed by atoms with Gasteiger partial charge in [0.1, 0.15) is 11.9 Å². The van der Waals surface area contributed by atoms with Crippen LogP contribution in [0.4, 0.5) is 0 Å². The van der Waals surface area contributed by atoms with Gasteiger partial charge in [-0.25, -0.2) is 0 Å². The molecule has 1 heterocycles. The molecule has 3 heteroatoms. The van der Waals surface area contributed by atoms with Crippen molar-refractivity contribution in [1.82, 2.24) is 4.98 Å². The van der Waals surface area contributed by atoms with E-state index in [-0.39, 0.29) is 12.2 Å². The van der Waals surface area contributed by atoms with Crippen molar-refractivity contribution in [2.45, 2.75) is 31.5 Å². The third-order valence-electron chi connectivity index (χ3n) is 3.28. The molecule has 88 valence electrons. The summed E-state index contributed by atoms with van der Waals surface area (Å²) < 4.78 is 5.82. The smallest absolute Gasteiger partial charge is 0.124 e. The molecule has 3 rings (SSSR count). The fourth-order valence-electron chi connectivity index (χ4n) is 2.35. The van der Waals surface area contributed by atoms with Gasteiger partial charge in [0.25, 0.3) is 0 Å². The zero-order valence-corrected chi connectivity index (χ0v) is 9.54. The average Bonchev–Trinajstić information content (AvgIpc) is 2.75. The second-order valence-corrected chi connectivity index (χ2v) is 4.51. The number of rotatable bonds is 2. The molecule has 0 aliphatic heterocycles. The molecule has 0 amide bonds. The van der Waals surface area contributed by atoms with Crippen LogP contribution in [0.25, 0.3) is 10.9 Å². The van der Waals surface area contributed by atoms with E-state index < -0.39 is 0 Å². The molecule has 3 nitrogen and oxygen atoms in total. The minimum atomic E-state index is -0.320. The Labute approximate surface area is 100 Å². The van der Waals surface area contributed by atoms with Crippen molar-refractivity contribution in [1.29, 1.82) is 0 Å². The van der Waals surface area contributed by atoms with Gasteiger partial charge < -0.3 is 9.84 Å². The minimum absolute atomic E-state index is 0.0517. The minimum Gasteiger partial charge on any atom is -0.488 e. The molecule has 1 fully saturated rings. The van der Waals surface area contributed by atoms with E-state index in [0.717, 1.165) is 35.9 Å². The Morgan fingerprint density at radius 3 is 3.00 bits per heavy atom. The van der Waals surface area contributed by atoms with Gasteiger partial charge in [-0.15, -0.1) is 0 Å². The molecule has 0 unspecified atom stereocenters. The van der Waals surface area contributed by atoms with E-state index in [1.807, 2.05) is 30.3 Å². The van der Waals surface area contributed by atoms with Crippen LogP contribution in [-0.2, 0) is 0 Å². The molecule has 1 aliphatic carbocycles. The average molecular weight is 229 g/mol. The molecule has 1 aromatic carbocycles. The standard InChI is InChI=1S/C14H15NO2/c16-13-4-1-5-14(13)17-11-6-7-12-10(9-11)3-2-8-15-12/h2-3,6-9,13-14,16H,1,4-5H2/t13-,14-/m1/s1. The summed E-state index contributed by atoms with van der Waals surface area (Å²) in [6.07, 6.45) is 4.24. The normalized spacial score (nSPS) is 24.1. The van der Waals surface area contributed by atoms with Gasteiger partial charge in [-0.2, -0.15) is 0 Å². The summed E-state index contributed by atoms with van der Waals surface area (Å²) >= 11 is 0. The van der Waals surface area contributed by atoms with Crippen LogP contribution in [0.5, 0.6) is 5.75 Å². The molecule has 1 aromatic heterocycles. The van der Waals surface area contributed by atoms with E-state index in [1.54, 1.807) is 6.20 Å². The van der Waals surface area contributed by atoms with E-state index in [0.29, 0.717) is 0 Å². The SMILES string of the molecule is O[C@@H]1CCC[C@H]1Oc1ccc2ncccc2c1. The maximum atomic E-state index is 9.73. The first-order chi connectivity index (χ1) is 8.33. The summed E-state index contributed by atoms with van der Waals surface area (Å²) in [7, 11) is 0. The summed E-state index contributed by atoms with van der Waals surface area (Å²) in [5.74, 6) is 0.816. The van der Waals surface area contributed by atoms with Gasteiger partial charge in [-0.1, -0.05) is 6.07 Å². The maximum Gasteiger partial charge on any atom is 0.124 e. The number of fused-ring (bicyclic) bond motifs is 1. The molecule has 2 aromatic rings. The highest BCUT2D eigenvalue weighted by Crippen LogP contribution is 2.26. The Kier molecular flexibility index (Phi) is 2.69. The van der Waals surface area contributed by atoms with Crippen molar-refractivity contribution >= 4 is 10.9 Å². The fourth-order valence-corrected chi connectivity index (χ4v) is 2.35. The maximum absolute atomic E-state index is 9.73. The molecule has 1 saturated carbocycles. The van der Waals surface area contributed by atoms with Crippen LogP contribution in [-0.4, -0.2) is 22.3 Å². The van der Waals surface area contributed by atoms with Crippen molar-refractivity contribution in [3.05, 3.63) is 36.5 Å². The lowest BCUT2D eigenvalue weighted by Crippen LogP contribution is -2.25. The third-order valence-corrected chi connectivity index (χ3v) is 3.28. The van der Waals surface area contributed by atoms with Gasteiger partial charge in [0.2, 0.25) is 0 Å². The van der Waals surface area contributed by atoms with E-state index >= 15 is 0 Å². The lowest BCUT2D eigenvalue weighted by atomic mass is 10.2. The number of aliphatic hydroxyl groups is 1. The van der Waals surface area contributed by atoms with E-state index in [9.17, 15) is 5.11 Å². The van der Waals surface area contributed by atoms with Crippen molar-refractivity contribution in [2.24, 2.45) is 0 Å². The van der Waals surface area contributed by atoms with Crippen molar-refractivity contribution in [2.75, 3.05) is 0 Å². The van der Waals surface area contributed by atoms with Crippen LogP contribution in [0.2, 0.25) is 0 Å². The second-order valence-electron chi connectivity index (χ2n) is 4.51. The Balaban J connectivity index is 1.85. The van der Waals surface area contributed by atoms with Crippen LogP contribution in [0, 0.1) is 0 Å². The molecule has 1 aliphatic rings. The predicted molar refractivity (Wildman–Crippen MR) is 66.0 cm³/mol. The second kappa shape index (κ2) is 4.34. The summed E-state index contributed by atoms with van der Waals surface area (Å²) in [4.78, 5) is 4.26. The number of hydrogen-bond donors (Lipinski definition) is 1. The number of pyridine rings is 1. The summed E-state index contributed by atoms with van der Waals surface area (Å²) in [5.41, 5.74) is 0.965. The molecule has 2 atom stereocenters. The van der Waals surface area contributed by atoms with Crippen LogP contribution in [0.3, 0.4) is 0 Å². The molecule has 0 bridgehead atoms. The lowest BCUT2D eigenvalue weighted by molar-refractivity contribution is 0.0605. The molecular formula is C14H15NO2. The summed E-state index contributed by atoms with van der Waals surface area (Å²) in [5, 5.41) is 10.8. The molecule has 17 heavy (non-hydrogen) atoms. The van der Waals surface area contributed by atoms with Crippen molar-refractivity contribution in [3.63, 3.8) is 0 Å². The number of ether oxygens (including phenoxy) is 1. The Morgan fingerprint density at radius 2 is 2.18 bits per heavy atom. The highest BCUT2D eigenvalue weighted by molar-refractivity contribution is 5.79. The highest BCUT2D eigenvalue weighted by Gasteiger charge is 2.26. The van der Waals surface area contributed by atoms with Gasteiger partial charge in [-0.05, 0) is 43.5 Å².